The molecule has 0 spiro atoms. The maximum Gasteiger partial charge on any atom is 0.337 e. The van der Waals surface area contributed by atoms with Gasteiger partial charge in [0, 0.05) is 0 Å². The first-order chi connectivity index (χ1) is 11.6. The highest BCUT2D eigenvalue weighted by molar-refractivity contribution is 5.89. The lowest BCUT2D eigenvalue weighted by Crippen LogP contribution is -3.28. The highest BCUT2D eigenvalue weighted by Crippen LogP contribution is 2.12. The molecule has 1 saturated heterocycles. The monoisotopic (exact) mass is 340 g/mol. The lowest BCUT2D eigenvalue weighted by atomic mass is 10.2. The van der Waals surface area contributed by atoms with Crippen LogP contribution in [0.3, 0.4) is 0 Å². The van der Waals surface area contributed by atoms with Gasteiger partial charge in [0.25, 0.3) is 0 Å². The molecule has 0 unspecified atom stereocenters. The third kappa shape index (κ3) is 5.76. The predicted molar refractivity (Wildman–Crippen MR) is 87.5 cm³/mol. The molecule has 7 nitrogen and oxygen atoms in total. The number of hydrogen-bond acceptors (Lipinski definition) is 5. The minimum absolute atomic E-state index is 0.230. The Morgan fingerprint density at radius 1 is 1.17 bits per heavy atom. The minimum atomic E-state index is -0.528. The molecule has 0 aliphatic carbocycles. The number of benzene rings is 1. The molecule has 0 saturated carbocycles. The van der Waals surface area contributed by atoms with Crippen molar-refractivity contribution in [2.75, 3.05) is 59.6 Å². The van der Waals surface area contributed by atoms with Crippen molar-refractivity contribution in [2.45, 2.75) is 6.10 Å². The van der Waals surface area contributed by atoms with E-state index in [2.05, 4.69) is 4.74 Å². The predicted octanol–water partition coefficient (Wildman–Crippen LogP) is -3.01. The molecule has 0 aromatic heterocycles. The smallest absolute Gasteiger partial charge is 0.337 e. The number of piperazine rings is 1. The third-order valence-electron chi connectivity index (χ3n) is 4.37. The van der Waals surface area contributed by atoms with Crippen molar-refractivity contribution in [2.24, 2.45) is 0 Å². The van der Waals surface area contributed by atoms with Crippen LogP contribution in [-0.2, 0) is 4.74 Å². The summed E-state index contributed by atoms with van der Waals surface area (Å²) in [6.07, 6.45) is -0.528. The van der Waals surface area contributed by atoms with Gasteiger partial charge in [0.05, 0.1) is 19.3 Å². The van der Waals surface area contributed by atoms with Crippen molar-refractivity contribution >= 4 is 5.97 Å². The van der Waals surface area contributed by atoms with Gasteiger partial charge in [0.15, 0.2) is 0 Å². The number of esters is 1. The van der Waals surface area contributed by atoms with Crippen LogP contribution in [0.25, 0.3) is 0 Å². The van der Waals surface area contributed by atoms with Crippen LogP contribution in [0.2, 0.25) is 0 Å². The largest absolute Gasteiger partial charge is 0.491 e. The summed E-state index contributed by atoms with van der Waals surface area (Å²) < 4.78 is 10.2. The number of carbonyl (C=O) groups excluding carboxylic acids is 1. The molecule has 1 aliphatic heterocycles. The van der Waals surface area contributed by atoms with Crippen molar-refractivity contribution in [1.29, 1.82) is 0 Å². The van der Waals surface area contributed by atoms with Crippen LogP contribution in [0.4, 0.5) is 0 Å². The number of ether oxygens (including phenoxy) is 2. The molecule has 2 rings (SSSR count). The van der Waals surface area contributed by atoms with E-state index in [9.17, 15) is 9.90 Å². The molecule has 1 heterocycles. The van der Waals surface area contributed by atoms with E-state index >= 15 is 0 Å². The quantitative estimate of drug-likeness (QED) is 0.379. The van der Waals surface area contributed by atoms with E-state index in [-0.39, 0.29) is 19.2 Å². The molecule has 0 amide bonds. The van der Waals surface area contributed by atoms with Gasteiger partial charge in [-0.1, -0.05) is 0 Å². The van der Waals surface area contributed by atoms with Gasteiger partial charge in [0.2, 0.25) is 0 Å². The number of hydrogen-bond donors (Lipinski definition) is 4. The van der Waals surface area contributed by atoms with E-state index in [0.717, 1.165) is 32.7 Å². The Morgan fingerprint density at radius 3 is 2.38 bits per heavy atom. The van der Waals surface area contributed by atoms with Crippen molar-refractivity contribution < 1.29 is 34.3 Å². The molecule has 7 heteroatoms. The fraction of sp³-hybridized carbons (Fsp3) is 0.588. The Bertz CT molecular complexity index is 500. The van der Waals surface area contributed by atoms with Crippen LogP contribution in [0, 0.1) is 0 Å². The zero-order valence-electron chi connectivity index (χ0n) is 14.2. The van der Waals surface area contributed by atoms with Crippen LogP contribution in [0.1, 0.15) is 10.4 Å². The van der Waals surface area contributed by atoms with Crippen LogP contribution < -0.4 is 14.5 Å². The SMILES string of the molecule is COC(=O)c1ccc(OC[C@@H](O)C[NH+]2CC[NH+](CCO)CC2)cc1. The number of methoxy groups -OCH3 is 1. The van der Waals surface area contributed by atoms with E-state index < -0.39 is 6.10 Å². The molecule has 0 radical (unpaired) electrons. The summed E-state index contributed by atoms with van der Waals surface area (Å²) in [6.45, 7) is 5.98. The molecule has 1 aliphatic rings. The fourth-order valence-electron chi connectivity index (χ4n) is 2.96. The maximum absolute atomic E-state index is 11.4. The van der Waals surface area contributed by atoms with Crippen LogP contribution >= 0.6 is 0 Å². The van der Waals surface area contributed by atoms with Gasteiger partial charge in [-0.15, -0.1) is 0 Å². The summed E-state index contributed by atoms with van der Waals surface area (Å²) in [5, 5.41) is 19.1. The fourth-order valence-corrected chi connectivity index (χ4v) is 2.96. The Morgan fingerprint density at radius 2 is 1.79 bits per heavy atom. The molecular weight excluding hydrogens is 312 g/mol. The number of aliphatic hydroxyl groups is 2. The number of quaternary nitrogens is 2. The van der Waals surface area contributed by atoms with Gasteiger partial charge in [-0.25, -0.2) is 4.79 Å². The average molecular weight is 340 g/mol. The first-order valence-corrected chi connectivity index (χ1v) is 8.39. The summed E-state index contributed by atoms with van der Waals surface area (Å²) >= 11 is 0. The maximum atomic E-state index is 11.4. The zero-order chi connectivity index (χ0) is 17.4. The Kier molecular flexibility index (Phi) is 7.45. The highest BCUT2D eigenvalue weighted by Gasteiger charge is 2.24. The van der Waals surface area contributed by atoms with E-state index in [0.29, 0.717) is 17.9 Å². The van der Waals surface area contributed by atoms with E-state index in [4.69, 9.17) is 9.84 Å². The topological polar surface area (TPSA) is 84.9 Å². The molecule has 4 N–H and O–H groups in total. The molecule has 134 valence electrons. The van der Waals surface area contributed by atoms with Crippen molar-refractivity contribution in [3.8, 4) is 5.75 Å². The van der Waals surface area contributed by atoms with Gasteiger partial charge < -0.3 is 29.5 Å². The van der Waals surface area contributed by atoms with E-state index in [1.54, 1.807) is 24.3 Å². The normalized spacial score (nSPS) is 22.0. The Hall–Kier alpha value is -1.67. The van der Waals surface area contributed by atoms with E-state index in [1.807, 2.05) is 0 Å². The van der Waals surface area contributed by atoms with Gasteiger partial charge in [-0.2, -0.15) is 0 Å². The van der Waals surface area contributed by atoms with Gasteiger partial charge in [-0.05, 0) is 24.3 Å². The summed E-state index contributed by atoms with van der Waals surface area (Å²) in [5.74, 6) is 0.238. The lowest BCUT2D eigenvalue weighted by molar-refractivity contribution is -1.01. The number of rotatable bonds is 8. The Labute approximate surface area is 142 Å². The number of aliphatic hydroxyl groups excluding tert-OH is 2. The summed E-state index contributed by atoms with van der Waals surface area (Å²) in [5.41, 5.74) is 0.470. The van der Waals surface area contributed by atoms with Gasteiger partial charge >= 0.3 is 5.97 Å². The van der Waals surface area contributed by atoms with Crippen molar-refractivity contribution in [3.63, 3.8) is 0 Å². The molecule has 1 fully saturated rings. The molecule has 0 bridgehead atoms. The molecule has 24 heavy (non-hydrogen) atoms. The summed E-state index contributed by atoms with van der Waals surface area (Å²) in [4.78, 5) is 14.2. The second kappa shape index (κ2) is 9.58. The molecule has 1 atom stereocenters. The summed E-state index contributed by atoms with van der Waals surface area (Å²) in [6, 6.07) is 6.68. The Balaban J connectivity index is 1.69. The van der Waals surface area contributed by atoms with Gasteiger partial charge in [-0.3, -0.25) is 0 Å². The standard InChI is InChI=1S/C17H26N2O5/c1-23-17(22)14-2-4-16(5-3-14)24-13-15(21)12-19-8-6-18(7-9-19)10-11-20/h2-5,15,20-21H,6-13H2,1H3/p+2/t15-/m0/s1. The zero-order valence-corrected chi connectivity index (χ0v) is 14.2. The number of nitrogens with one attached hydrogen (secondary N) is 2. The first-order valence-electron chi connectivity index (χ1n) is 8.39. The second-order valence-corrected chi connectivity index (χ2v) is 6.16. The van der Waals surface area contributed by atoms with Gasteiger partial charge in [0.1, 0.15) is 57.7 Å². The van der Waals surface area contributed by atoms with Crippen molar-refractivity contribution in [3.05, 3.63) is 29.8 Å². The molecule has 1 aromatic rings. The van der Waals surface area contributed by atoms with Crippen LogP contribution in [0.5, 0.6) is 5.75 Å². The lowest BCUT2D eigenvalue weighted by Gasteiger charge is -2.30. The summed E-state index contributed by atoms with van der Waals surface area (Å²) in [7, 11) is 1.34. The van der Waals surface area contributed by atoms with Crippen molar-refractivity contribution in [1.82, 2.24) is 0 Å². The van der Waals surface area contributed by atoms with Crippen LogP contribution in [0.15, 0.2) is 24.3 Å². The first kappa shape index (κ1) is 18.7. The van der Waals surface area contributed by atoms with E-state index in [1.165, 1.54) is 16.9 Å². The molecular formula is C17H28N2O5+2. The van der Waals surface area contributed by atoms with Crippen LogP contribution in [-0.4, -0.2) is 81.9 Å². The number of carbonyl (C=O) groups is 1. The highest BCUT2D eigenvalue weighted by atomic mass is 16.5. The third-order valence-corrected chi connectivity index (χ3v) is 4.37. The molecule has 1 aromatic carbocycles. The second-order valence-electron chi connectivity index (χ2n) is 6.16. The average Bonchev–Trinajstić information content (AvgIpc) is 2.61. The minimum Gasteiger partial charge on any atom is -0.491 e.